The number of hydrogen-bond donors (Lipinski definition) is 0. The number of hydrogen-bond acceptors (Lipinski definition) is 3. The van der Waals surface area contributed by atoms with E-state index in [1.807, 2.05) is 66.7 Å². The van der Waals surface area contributed by atoms with Crippen molar-refractivity contribution in [3.63, 3.8) is 0 Å². The van der Waals surface area contributed by atoms with E-state index in [-0.39, 0.29) is 11.8 Å². The van der Waals surface area contributed by atoms with Gasteiger partial charge < -0.3 is 14.2 Å². The van der Waals surface area contributed by atoms with Crippen molar-refractivity contribution >= 4 is 45.8 Å². The van der Waals surface area contributed by atoms with Crippen molar-refractivity contribution in [3.05, 3.63) is 88.7 Å². The van der Waals surface area contributed by atoms with E-state index < -0.39 is 0 Å². The molecule has 34 heavy (non-hydrogen) atoms. The molecule has 1 unspecified atom stereocenters. The van der Waals surface area contributed by atoms with Crippen LogP contribution in [-0.4, -0.2) is 28.6 Å². The summed E-state index contributed by atoms with van der Waals surface area (Å²) in [4.78, 5) is 19.6. The average Bonchev–Trinajstić information content (AvgIpc) is 3.41. The maximum absolute atomic E-state index is 12.9. The Morgan fingerprint density at radius 1 is 0.912 bits per heavy atom. The number of benzene rings is 3. The summed E-state index contributed by atoms with van der Waals surface area (Å²) in [6.07, 6.45) is 2.23. The summed E-state index contributed by atoms with van der Waals surface area (Å²) in [5.41, 5.74) is 2.80. The van der Waals surface area contributed by atoms with E-state index in [0.29, 0.717) is 35.4 Å². The van der Waals surface area contributed by atoms with Gasteiger partial charge in [-0.25, -0.2) is 4.98 Å². The van der Waals surface area contributed by atoms with Gasteiger partial charge in [0.1, 0.15) is 11.6 Å². The number of carbonyl (C=O) groups is 1. The monoisotopic (exact) mass is 493 g/mol. The first kappa shape index (κ1) is 22.8. The van der Waals surface area contributed by atoms with Crippen LogP contribution >= 0.6 is 23.2 Å². The molecule has 5 rings (SSSR count). The lowest BCUT2D eigenvalue weighted by atomic mass is 10.1. The van der Waals surface area contributed by atoms with Crippen LogP contribution < -0.4 is 9.64 Å². The van der Waals surface area contributed by atoms with E-state index in [2.05, 4.69) is 10.6 Å². The van der Waals surface area contributed by atoms with Crippen LogP contribution in [-0.2, 0) is 11.3 Å². The number of imidazole rings is 1. The molecule has 1 atom stereocenters. The number of aromatic nitrogens is 2. The molecule has 0 aliphatic carbocycles. The second-order valence-corrected chi connectivity index (χ2v) is 9.27. The van der Waals surface area contributed by atoms with Crippen molar-refractivity contribution in [1.82, 2.24) is 9.55 Å². The van der Waals surface area contributed by atoms with Crippen LogP contribution in [0.25, 0.3) is 11.0 Å². The maximum atomic E-state index is 12.9. The highest BCUT2D eigenvalue weighted by Crippen LogP contribution is 2.36. The molecule has 0 bridgehead atoms. The normalized spacial score (nSPS) is 15.9. The molecule has 0 radical (unpaired) electrons. The van der Waals surface area contributed by atoms with Gasteiger partial charge in [0, 0.05) is 25.4 Å². The Bertz CT molecular complexity index is 1320. The van der Waals surface area contributed by atoms with Crippen molar-refractivity contribution in [2.75, 3.05) is 18.1 Å². The highest BCUT2D eigenvalue weighted by molar-refractivity contribution is 6.34. The number of fused-ring (bicyclic) bond motifs is 1. The van der Waals surface area contributed by atoms with Gasteiger partial charge in [-0.2, -0.15) is 0 Å². The van der Waals surface area contributed by atoms with Crippen LogP contribution in [0.2, 0.25) is 10.0 Å². The number of aryl methyl sites for hydroxylation is 1. The van der Waals surface area contributed by atoms with E-state index in [1.165, 1.54) is 0 Å². The zero-order valence-corrected chi connectivity index (χ0v) is 20.2. The zero-order chi connectivity index (χ0) is 23.5. The Kier molecular flexibility index (Phi) is 6.75. The third-order valence-electron chi connectivity index (χ3n) is 6.19. The van der Waals surface area contributed by atoms with Crippen molar-refractivity contribution in [1.29, 1.82) is 0 Å². The lowest BCUT2D eigenvalue weighted by Crippen LogP contribution is -2.24. The average molecular weight is 494 g/mol. The van der Waals surface area contributed by atoms with Crippen molar-refractivity contribution < 1.29 is 9.53 Å². The van der Waals surface area contributed by atoms with Crippen molar-refractivity contribution in [3.8, 4) is 5.75 Å². The third kappa shape index (κ3) is 4.63. The van der Waals surface area contributed by atoms with E-state index in [9.17, 15) is 4.79 Å². The standard InChI is InChI=1S/C27H25Cl2N3O2/c28-20-9-1-4-12-23(20)32-18-19(17-26(32)33)27-30-22-11-3-5-13-24(22)31(27)15-7-8-16-34-25-14-6-2-10-21(25)29/h1-6,9-14,19H,7-8,15-18H2. The molecule has 174 valence electrons. The minimum Gasteiger partial charge on any atom is -0.492 e. The molecule has 1 aromatic heterocycles. The molecular formula is C27H25Cl2N3O2. The number of unbranched alkanes of at least 4 members (excludes halogenated alkanes) is 1. The van der Waals surface area contributed by atoms with Crippen LogP contribution in [0.3, 0.4) is 0 Å². The lowest BCUT2D eigenvalue weighted by molar-refractivity contribution is -0.117. The Hall–Kier alpha value is -3.02. The first-order valence-electron chi connectivity index (χ1n) is 11.5. The number of anilines is 1. The molecule has 2 heterocycles. The molecule has 0 spiro atoms. The molecule has 0 N–H and O–H groups in total. The Morgan fingerprint density at radius 2 is 1.65 bits per heavy atom. The first-order chi connectivity index (χ1) is 16.6. The fourth-order valence-corrected chi connectivity index (χ4v) is 4.97. The Morgan fingerprint density at radius 3 is 2.47 bits per heavy atom. The van der Waals surface area contributed by atoms with Gasteiger partial charge in [0.05, 0.1) is 33.4 Å². The van der Waals surface area contributed by atoms with E-state index in [1.54, 1.807) is 4.90 Å². The number of halogens is 2. The fourth-order valence-electron chi connectivity index (χ4n) is 4.54. The summed E-state index contributed by atoms with van der Waals surface area (Å²) in [6, 6.07) is 23.1. The minimum absolute atomic E-state index is 0.00977. The first-order valence-corrected chi connectivity index (χ1v) is 12.2. The van der Waals surface area contributed by atoms with Gasteiger partial charge in [-0.1, -0.05) is 59.6 Å². The number of amides is 1. The van der Waals surface area contributed by atoms with Gasteiger partial charge >= 0.3 is 0 Å². The molecule has 0 saturated carbocycles. The second kappa shape index (κ2) is 10.1. The lowest BCUT2D eigenvalue weighted by Gasteiger charge is -2.18. The van der Waals surface area contributed by atoms with Crippen molar-refractivity contribution in [2.45, 2.75) is 31.7 Å². The summed E-state index contributed by atoms with van der Waals surface area (Å²) >= 11 is 12.6. The van der Waals surface area contributed by atoms with Crippen LogP contribution in [0.5, 0.6) is 5.75 Å². The molecule has 1 aliphatic rings. The quantitative estimate of drug-likeness (QED) is 0.256. The zero-order valence-electron chi connectivity index (χ0n) is 18.7. The number of rotatable bonds is 8. The number of nitrogens with zero attached hydrogens (tertiary/aromatic N) is 3. The molecule has 1 saturated heterocycles. The topological polar surface area (TPSA) is 47.4 Å². The van der Waals surface area contributed by atoms with Crippen LogP contribution in [0.15, 0.2) is 72.8 Å². The summed E-state index contributed by atoms with van der Waals surface area (Å²) < 4.78 is 8.10. The van der Waals surface area contributed by atoms with Crippen LogP contribution in [0.1, 0.15) is 31.0 Å². The predicted octanol–water partition coefficient (Wildman–Crippen LogP) is 6.72. The SMILES string of the molecule is O=C1CC(c2nc3ccccc3n2CCCCOc2ccccc2Cl)CN1c1ccccc1Cl. The molecular weight excluding hydrogens is 469 g/mol. The largest absolute Gasteiger partial charge is 0.492 e. The Labute approximate surface area is 208 Å². The van der Waals surface area contributed by atoms with Gasteiger partial charge in [-0.15, -0.1) is 0 Å². The fraction of sp³-hybridized carbons (Fsp3) is 0.259. The summed E-state index contributed by atoms with van der Waals surface area (Å²) in [5.74, 6) is 1.75. The summed E-state index contributed by atoms with van der Waals surface area (Å²) in [5, 5.41) is 1.21. The second-order valence-electron chi connectivity index (χ2n) is 8.45. The van der Waals surface area contributed by atoms with Crippen molar-refractivity contribution in [2.24, 2.45) is 0 Å². The number of para-hydroxylation sites is 4. The van der Waals surface area contributed by atoms with E-state index in [4.69, 9.17) is 32.9 Å². The van der Waals surface area contributed by atoms with E-state index >= 15 is 0 Å². The molecule has 7 heteroatoms. The molecule has 3 aromatic carbocycles. The Balaban J connectivity index is 1.31. The highest BCUT2D eigenvalue weighted by Gasteiger charge is 2.35. The van der Waals surface area contributed by atoms with Gasteiger partial charge in [0.2, 0.25) is 5.91 Å². The van der Waals surface area contributed by atoms with Gasteiger partial charge in [0.15, 0.2) is 0 Å². The molecule has 1 aliphatic heterocycles. The van der Waals surface area contributed by atoms with E-state index in [0.717, 1.165) is 41.9 Å². The molecule has 5 nitrogen and oxygen atoms in total. The predicted molar refractivity (Wildman–Crippen MR) is 137 cm³/mol. The molecule has 1 amide bonds. The highest BCUT2D eigenvalue weighted by atomic mass is 35.5. The van der Waals surface area contributed by atoms with Crippen LogP contribution in [0.4, 0.5) is 5.69 Å². The molecule has 1 fully saturated rings. The maximum Gasteiger partial charge on any atom is 0.227 e. The van der Waals surface area contributed by atoms with Crippen LogP contribution in [0, 0.1) is 0 Å². The molecule has 4 aromatic rings. The number of ether oxygens (including phenoxy) is 1. The minimum atomic E-state index is 0.00977. The van der Waals surface area contributed by atoms with Gasteiger partial charge in [-0.3, -0.25) is 4.79 Å². The third-order valence-corrected chi connectivity index (χ3v) is 6.82. The number of carbonyl (C=O) groups excluding carboxylic acids is 1. The summed E-state index contributed by atoms with van der Waals surface area (Å²) in [7, 11) is 0. The smallest absolute Gasteiger partial charge is 0.227 e. The van der Waals surface area contributed by atoms with Gasteiger partial charge in [-0.05, 0) is 49.2 Å². The summed E-state index contributed by atoms with van der Waals surface area (Å²) in [6.45, 7) is 1.97. The van der Waals surface area contributed by atoms with Gasteiger partial charge in [0.25, 0.3) is 0 Å².